The molecule has 0 radical (unpaired) electrons. The minimum absolute atomic E-state index is 0.207. The lowest BCUT2D eigenvalue weighted by Crippen LogP contribution is -2.37. The van der Waals surface area contributed by atoms with Gasteiger partial charge in [-0.15, -0.1) is 5.10 Å². The Balaban J connectivity index is 2.04. The van der Waals surface area contributed by atoms with Gasteiger partial charge in [0.05, 0.1) is 43.2 Å². The average molecular weight is 440 g/mol. The van der Waals surface area contributed by atoms with E-state index in [9.17, 15) is 9.59 Å². The molecule has 1 saturated heterocycles. The number of morpholine rings is 1. The zero-order chi connectivity index (χ0) is 22.7. The lowest BCUT2D eigenvalue weighted by atomic mass is 9.97. The van der Waals surface area contributed by atoms with E-state index in [1.165, 1.54) is 0 Å². The Labute approximate surface area is 187 Å². The number of anilines is 1. The van der Waals surface area contributed by atoms with Crippen molar-refractivity contribution in [1.29, 1.82) is 0 Å². The predicted octanol–water partition coefficient (Wildman–Crippen LogP) is 3.43. The number of allylic oxidation sites excluding steroid dienone is 4. The highest BCUT2D eigenvalue weighted by Gasteiger charge is 2.33. The number of fused-ring (bicyclic) bond motifs is 1. The SMILES string of the molecule is CCCc1c(C(=O)OCC)c(C(=O)OCC)c2c(C3=CC=C3)cc(N3CCOCC3)nn12. The molecule has 8 heteroatoms. The number of aromatic nitrogens is 2. The molecule has 3 heterocycles. The van der Waals surface area contributed by atoms with Gasteiger partial charge in [0.25, 0.3) is 0 Å². The molecule has 8 nitrogen and oxygen atoms in total. The molecule has 2 aliphatic rings. The summed E-state index contributed by atoms with van der Waals surface area (Å²) in [5, 5.41) is 4.91. The van der Waals surface area contributed by atoms with Crippen molar-refractivity contribution in [2.45, 2.75) is 33.6 Å². The van der Waals surface area contributed by atoms with Crippen LogP contribution < -0.4 is 4.90 Å². The maximum Gasteiger partial charge on any atom is 0.341 e. The summed E-state index contributed by atoms with van der Waals surface area (Å²) in [5.74, 6) is -0.279. The van der Waals surface area contributed by atoms with Crippen LogP contribution >= 0.6 is 0 Å². The minimum atomic E-state index is -0.540. The van der Waals surface area contributed by atoms with Gasteiger partial charge in [0.1, 0.15) is 11.4 Å². The molecular weight excluding hydrogens is 410 g/mol. The molecule has 0 aromatic carbocycles. The van der Waals surface area contributed by atoms with E-state index in [1.54, 1.807) is 18.4 Å². The third-order valence-electron chi connectivity index (χ3n) is 5.62. The molecule has 0 spiro atoms. The highest BCUT2D eigenvalue weighted by atomic mass is 16.5. The topological polar surface area (TPSA) is 82.4 Å². The van der Waals surface area contributed by atoms with E-state index in [0.29, 0.717) is 30.8 Å². The van der Waals surface area contributed by atoms with Gasteiger partial charge in [0, 0.05) is 18.7 Å². The Bertz CT molecular complexity index is 1090. The van der Waals surface area contributed by atoms with E-state index in [2.05, 4.69) is 4.90 Å². The maximum absolute atomic E-state index is 13.1. The number of ether oxygens (including phenoxy) is 3. The Morgan fingerprint density at radius 2 is 1.72 bits per heavy atom. The van der Waals surface area contributed by atoms with Crippen molar-refractivity contribution in [1.82, 2.24) is 9.61 Å². The fraction of sp³-hybridized carbons (Fsp3) is 0.458. The van der Waals surface area contributed by atoms with Gasteiger partial charge in [-0.05, 0) is 31.9 Å². The van der Waals surface area contributed by atoms with E-state index >= 15 is 0 Å². The average Bonchev–Trinajstić information content (AvgIpc) is 3.08. The van der Waals surface area contributed by atoms with Gasteiger partial charge >= 0.3 is 11.9 Å². The third kappa shape index (κ3) is 3.90. The number of carbonyl (C=O) groups excluding carboxylic acids is 2. The van der Waals surface area contributed by atoms with Crippen LogP contribution in [0.4, 0.5) is 5.82 Å². The highest BCUT2D eigenvalue weighted by molar-refractivity contribution is 6.12. The summed E-state index contributed by atoms with van der Waals surface area (Å²) in [7, 11) is 0. The molecule has 0 N–H and O–H groups in total. The zero-order valence-corrected chi connectivity index (χ0v) is 18.8. The molecule has 170 valence electrons. The van der Waals surface area contributed by atoms with Crippen LogP contribution in [0.1, 0.15) is 59.2 Å². The first-order valence-electron chi connectivity index (χ1n) is 11.2. The Morgan fingerprint density at radius 3 is 2.28 bits per heavy atom. The van der Waals surface area contributed by atoms with Crippen LogP contribution in [0, 0.1) is 0 Å². The van der Waals surface area contributed by atoms with Gasteiger partial charge in [-0.25, -0.2) is 14.1 Å². The molecular formula is C24H29N3O5. The normalized spacial score (nSPS) is 15.5. The third-order valence-corrected chi connectivity index (χ3v) is 5.62. The summed E-state index contributed by atoms with van der Waals surface area (Å²) in [5.41, 5.74) is 3.56. The summed E-state index contributed by atoms with van der Waals surface area (Å²) < 4.78 is 18.0. The van der Waals surface area contributed by atoms with Crippen LogP contribution in [0.2, 0.25) is 0 Å². The van der Waals surface area contributed by atoms with Crippen molar-refractivity contribution < 1.29 is 23.8 Å². The lowest BCUT2D eigenvalue weighted by molar-refractivity contribution is 0.0480. The predicted molar refractivity (Wildman–Crippen MR) is 121 cm³/mol. The van der Waals surface area contributed by atoms with E-state index in [0.717, 1.165) is 36.5 Å². The largest absolute Gasteiger partial charge is 0.462 e. The van der Waals surface area contributed by atoms with Gasteiger partial charge in [-0.2, -0.15) is 0 Å². The zero-order valence-electron chi connectivity index (χ0n) is 18.8. The molecule has 0 unspecified atom stereocenters. The summed E-state index contributed by atoms with van der Waals surface area (Å²) in [6, 6.07) is 1.99. The first-order chi connectivity index (χ1) is 15.6. The summed E-state index contributed by atoms with van der Waals surface area (Å²) in [6.45, 7) is 8.68. The Morgan fingerprint density at radius 1 is 1.06 bits per heavy atom. The monoisotopic (exact) mass is 439 g/mol. The van der Waals surface area contributed by atoms with Crippen molar-refractivity contribution in [2.75, 3.05) is 44.4 Å². The second-order valence-corrected chi connectivity index (χ2v) is 7.64. The standard InChI is InChI=1S/C24H29N3O5/c1-4-8-18-20(23(28)31-5-2)21(24(29)32-6-3)22-17(16-9-7-10-16)15-19(25-27(18)22)26-11-13-30-14-12-26/h7,9-10,15H,4-6,8,11-14H2,1-3H3. The van der Waals surface area contributed by atoms with Crippen molar-refractivity contribution >= 4 is 28.8 Å². The van der Waals surface area contributed by atoms with E-state index in [1.807, 2.05) is 31.2 Å². The molecule has 2 aromatic rings. The summed E-state index contributed by atoms with van der Waals surface area (Å²) in [6.07, 6.45) is 7.28. The maximum atomic E-state index is 13.1. The van der Waals surface area contributed by atoms with Gasteiger partial charge in [0.2, 0.25) is 0 Å². The highest BCUT2D eigenvalue weighted by Crippen LogP contribution is 2.36. The second-order valence-electron chi connectivity index (χ2n) is 7.64. The number of hydrogen-bond acceptors (Lipinski definition) is 7. The van der Waals surface area contributed by atoms with Crippen molar-refractivity contribution in [3.05, 3.63) is 46.7 Å². The Hall–Kier alpha value is -3.13. The fourth-order valence-corrected chi connectivity index (χ4v) is 4.13. The number of carbonyl (C=O) groups is 2. The van der Waals surface area contributed by atoms with Gasteiger partial charge in [-0.3, -0.25) is 0 Å². The van der Waals surface area contributed by atoms with Crippen molar-refractivity contribution in [3.8, 4) is 0 Å². The first-order valence-corrected chi connectivity index (χ1v) is 11.2. The van der Waals surface area contributed by atoms with Crippen LogP contribution in [0.3, 0.4) is 0 Å². The number of aryl methyl sites for hydroxylation is 1. The number of nitrogens with zero attached hydrogens (tertiary/aromatic N) is 3. The molecule has 1 aliphatic heterocycles. The van der Waals surface area contributed by atoms with Crippen LogP contribution in [0.5, 0.6) is 0 Å². The van der Waals surface area contributed by atoms with E-state index in [4.69, 9.17) is 19.3 Å². The Kier molecular flexibility index (Phi) is 6.60. The summed E-state index contributed by atoms with van der Waals surface area (Å²) in [4.78, 5) is 28.4. The van der Waals surface area contributed by atoms with Crippen LogP contribution in [0.15, 0.2) is 24.3 Å². The van der Waals surface area contributed by atoms with Gasteiger partial charge in [-0.1, -0.05) is 31.6 Å². The van der Waals surface area contributed by atoms with Crippen molar-refractivity contribution in [2.24, 2.45) is 0 Å². The molecule has 0 saturated carbocycles. The quantitative estimate of drug-likeness (QED) is 0.583. The summed E-state index contributed by atoms with van der Waals surface area (Å²) >= 11 is 0. The van der Waals surface area contributed by atoms with Crippen LogP contribution in [-0.2, 0) is 20.6 Å². The molecule has 4 rings (SSSR count). The minimum Gasteiger partial charge on any atom is -0.462 e. The molecule has 32 heavy (non-hydrogen) atoms. The number of hydrogen-bond donors (Lipinski definition) is 0. The number of rotatable bonds is 8. The van der Waals surface area contributed by atoms with E-state index < -0.39 is 11.9 Å². The fourth-order valence-electron chi connectivity index (χ4n) is 4.13. The molecule has 1 aliphatic carbocycles. The van der Waals surface area contributed by atoms with Gasteiger partial charge in [0.15, 0.2) is 0 Å². The molecule has 1 fully saturated rings. The smallest absolute Gasteiger partial charge is 0.341 e. The molecule has 0 amide bonds. The molecule has 0 bridgehead atoms. The van der Waals surface area contributed by atoms with E-state index in [-0.39, 0.29) is 24.3 Å². The molecule has 0 atom stereocenters. The lowest BCUT2D eigenvalue weighted by Gasteiger charge is -2.28. The first kappa shape index (κ1) is 22.1. The van der Waals surface area contributed by atoms with Crippen LogP contribution in [0.25, 0.3) is 11.1 Å². The van der Waals surface area contributed by atoms with Crippen molar-refractivity contribution in [3.63, 3.8) is 0 Å². The number of esters is 2. The van der Waals surface area contributed by atoms with Crippen LogP contribution in [-0.4, -0.2) is 61.1 Å². The van der Waals surface area contributed by atoms with Gasteiger partial charge < -0.3 is 19.1 Å². The second kappa shape index (κ2) is 9.56. The molecule has 2 aromatic heterocycles.